The Morgan fingerprint density at radius 2 is 1.88 bits per heavy atom. The molecule has 1 aliphatic rings. The van der Waals surface area contributed by atoms with Gasteiger partial charge in [0.15, 0.2) is 0 Å². The van der Waals surface area contributed by atoms with Crippen LogP contribution in [0.15, 0.2) is 36.4 Å². The summed E-state index contributed by atoms with van der Waals surface area (Å²) in [7, 11) is 1.53. The predicted octanol–water partition coefficient (Wildman–Crippen LogP) is 2.82. The van der Waals surface area contributed by atoms with Crippen LogP contribution in [0.3, 0.4) is 0 Å². The van der Waals surface area contributed by atoms with Crippen LogP contribution in [-0.2, 0) is 0 Å². The molecule has 0 spiro atoms. The van der Waals surface area contributed by atoms with E-state index >= 15 is 0 Å². The van der Waals surface area contributed by atoms with E-state index in [-0.39, 0.29) is 12.0 Å². The number of ether oxygens (including phenoxy) is 2. The van der Waals surface area contributed by atoms with Crippen molar-refractivity contribution in [3.05, 3.63) is 47.0 Å². The smallest absolute Gasteiger partial charge is 0.253 e. The maximum Gasteiger partial charge on any atom is 0.253 e. The number of methoxy groups -OCH3 is 1. The van der Waals surface area contributed by atoms with Crippen LogP contribution in [0.2, 0.25) is 5.02 Å². The van der Waals surface area contributed by atoms with Gasteiger partial charge in [-0.1, -0.05) is 11.6 Å². The first-order valence-electron chi connectivity index (χ1n) is 7.75. The molecule has 2 heterocycles. The highest BCUT2D eigenvalue weighted by atomic mass is 35.5. The van der Waals surface area contributed by atoms with Crippen molar-refractivity contribution in [1.82, 2.24) is 15.1 Å². The van der Waals surface area contributed by atoms with E-state index in [0.29, 0.717) is 28.9 Å². The van der Waals surface area contributed by atoms with Crippen LogP contribution in [0.25, 0.3) is 0 Å². The van der Waals surface area contributed by atoms with Gasteiger partial charge in [-0.25, -0.2) is 0 Å². The minimum absolute atomic E-state index is 0.0132. The molecule has 1 saturated heterocycles. The lowest BCUT2D eigenvalue weighted by Gasteiger charge is -2.32. The molecule has 1 amide bonds. The van der Waals surface area contributed by atoms with Crippen molar-refractivity contribution in [2.75, 3.05) is 20.2 Å². The molecule has 6 nitrogen and oxygen atoms in total. The largest absolute Gasteiger partial charge is 0.480 e. The van der Waals surface area contributed by atoms with E-state index in [9.17, 15) is 4.79 Å². The Morgan fingerprint density at radius 1 is 1.17 bits per heavy atom. The van der Waals surface area contributed by atoms with Gasteiger partial charge in [0.1, 0.15) is 6.10 Å². The Labute approximate surface area is 145 Å². The minimum Gasteiger partial charge on any atom is -0.480 e. The molecule has 1 aliphatic heterocycles. The number of benzene rings is 1. The van der Waals surface area contributed by atoms with Crippen molar-refractivity contribution in [3.8, 4) is 11.8 Å². The van der Waals surface area contributed by atoms with Crippen molar-refractivity contribution in [3.63, 3.8) is 0 Å². The lowest BCUT2D eigenvalue weighted by molar-refractivity contribution is 0.0525. The van der Waals surface area contributed by atoms with Crippen LogP contribution in [0.1, 0.15) is 23.2 Å². The normalized spacial score (nSPS) is 17.4. The molecule has 0 saturated carbocycles. The van der Waals surface area contributed by atoms with Gasteiger partial charge < -0.3 is 14.4 Å². The third-order valence-corrected chi connectivity index (χ3v) is 4.12. The number of rotatable bonds is 4. The van der Waals surface area contributed by atoms with E-state index < -0.39 is 0 Å². The van der Waals surface area contributed by atoms with E-state index in [1.54, 1.807) is 41.3 Å². The zero-order chi connectivity index (χ0) is 16.9. The third kappa shape index (κ3) is 3.94. The molecular weight excluding hydrogens is 330 g/mol. The molecular formula is C17H18ClN3O3. The van der Waals surface area contributed by atoms with Crippen molar-refractivity contribution in [2.45, 2.75) is 18.9 Å². The first-order valence-corrected chi connectivity index (χ1v) is 8.13. The number of piperidine rings is 1. The zero-order valence-corrected chi connectivity index (χ0v) is 14.1. The highest BCUT2D eigenvalue weighted by Gasteiger charge is 2.26. The average molecular weight is 348 g/mol. The Morgan fingerprint density at radius 3 is 2.54 bits per heavy atom. The minimum atomic E-state index is -0.0994. The summed E-state index contributed by atoms with van der Waals surface area (Å²) in [6, 6.07) is 10.3. The molecule has 24 heavy (non-hydrogen) atoms. The van der Waals surface area contributed by atoms with Crippen LogP contribution < -0.4 is 9.47 Å². The fraction of sp³-hybridized carbons (Fsp3) is 0.353. The number of amides is 1. The van der Waals surface area contributed by atoms with E-state index in [2.05, 4.69) is 10.2 Å². The molecule has 7 heteroatoms. The summed E-state index contributed by atoms with van der Waals surface area (Å²) in [5, 5.41) is 8.46. The van der Waals surface area contributed by atoms with Crippen LogP contribution >= 0.6 is 11.6 Å². The Hall–Kier alpha value is -2.34. The van der Waals surface area contributed by atoms with Crippen LogP contribution in [0.5, 0.6) is 11.8 Å². The Kier molecular flexibility index (Phi) is 5.15. The number of halogens is 1. The van der Waals surface area contributed by atoms with Crippen molar-refractivity contribution in [1.29, 1.82) is 0 Å². The highest BCUT2D eigenvalue weighted by Crippen LogP contribution is 2.20. The second-order valence-electron chi connectivity index (χ2n) is 5.55. The molecule has 1 aromatic carbocycles. The molecule has 0 radical (unpaired) electrons. The number of aromatic nitrogens is 2. The summed E-state index contributed by atoms with van der Waals surface area (Å²) in [4.78, 5) is 14.4. The van der Waals surface area contributed by atoms with Gasteiger partial charge in [-0.3, -0.25) is 4.79 Å². The Balaban J connectivity index is 1.63. The van der Waals surface area contributed by atoms with Crippen molar-refractivity contribution < 1.29 is 14.3 Å². The van der Waals surface area contributed by atoms with Gasteiger partial charge in [0.2, 0.25) is 11.8 Å². The fourth-order valence-electron chi connectivity index (χ4n) is 2.64. The first kappa shape index (κ1) is 16.5. The molecule has 126 valence electrons. The highest BCUT2D eigenvalue weighted by molar-refractivity contribution is 6.30. The summed E-state index contributed by atoms with van der Waals surface area (Å²) in [5.74, 6) is 0.855. The number of nitrogens with zero attached hydrogens (tertiary/aromatic N) is 3. The lowest BCUT2D eigenvalue weighted by atomic mass is 10.1. The monoisotopic (exact) mass is 347 g/mol. The fourth-order valence-corrected chi connectivity index (χ4v) is 2.77. The number of carbonyl (C=O) groups is 1. The number of carbonyl (C=O) groups excluding carboxylic acids is 1. The summed E-state index contributed by atoms with van der Waals surface area (Å²) in [6.07, 6.45) is 1.66. The molecule has 0 bridgehead atoms. The standard InChI is InChI=1S/C17H18ClN3O3/c1-23-15-8-9-16(20-19-15)24-14-3-2-10-21(11-14)17(22)12-4-6-13(18)7-5-12/h4-9,14H,2-3,10-11H2,1H3. The number of hydrogen-bond donors (Lipinski definition) is 0. The second-order valence-corrected chi connectivity index (χ2v) is 5.99. The molecule has 3 rings (SSSR count). The first-order chi connectivity index (χ1) is 11.7. The average Bonchev–Trinajstić information content (AvgIpc) is 2.63. The van der Waals surface area contributed by atoms with Gasteiger partial charge in [0, 0.05) is 29.3 Å². The SMILES string of the molecule is COc1ccc(OC2CCCN(C(=O)c3ccc(Cl)cc3)C2)nn1. The molecule has 1 atom stereocenters. The summed E-state index contributed by atoms with van der Waals surface area (Å²) >= 11 is 5.87. The van der Waals surface area contributed by atoms with E-state index in [4.69, 9.17) is 21.1 Å². The van der Waals surface area contributed by atoms with Crippen LogP contribution in [0.4, 0.5) is 0 Å². The maximum atomic E-state index is 12.6. The van der Waals surface area contributed by atoms with E-state index in [1.165, 1.54) is 7.11 Å². The molecule has 0 N–H and O–H groups in total. The number of hydrogen-bond acceptors (Lipinski definition) is 5. The zero-order valence-electron chi connectivity index (χ0n) is 13.3. The van der Waals surface area contributed by atoms with Gasteiger partial charge in [0.05, 0.1) is 13.7 Å². The van der Waals surface area contributed by atoms with Crippen LogP contribution in [0, 0.1) is 0 Å². The van der Waals surface area contributed by atoms with Gasteiger partial charge in [-0.2, -0.15) is 0 Å². The quantitative estimate of drug-likeness (QED) is 0.851. The maximum absolute atomic E-state index is 12.6. The van der Waals surface area contributed by atoms with E-state index in [1.807, 2.05) is 0 Å². The third-order valence-electron chi connectivity index (χ3n) is 3.87. The van der Waals surface area contributed by atoms with Crippen molar-refractivity contribution in [2.24, 2.45) is 0 Å². The Bertz CT molecular complexity index is 691. The number of likely N-dealkylation sites (tertiary alicyclic amines) is 1. The second kappa shape index (κ2) is 7.49. The molecule has 1 fully saturated rings. The molecule has 1 unspecified atom stereocenters. The predicted molar refractivity (Wildman–Crippen MR) is 89.6 cm³/mol. The lowest BCUT2D eigenvalue weighted by Crippen LogP contribution is -2.44. The molecule has 1 aromatic heterocycles. The van der Waals surface area contributed by atoms with Gasteiger partial charge in [0.25, 0.3) is 5.91 Å². The van der Waals surface area contributed by atoms with Gasteiger partial charge in [-0.05, 0) is 37.1 Å². The van der Waals surface area contributed by atoms with Crippen LogP contribution in [-0.4, -0.2) is 47.3 Å². The summed E-state index contributed by atoms with van der Waals surface area (Å²) in [6.45, 7) is 1.24. The van der Waals surface area contributed by atoms with Gasteiger partial charge >= 0.3 is 0 Å². The van der Waals surface area contributed by atoms with Crippen molar-refractivity contribution >= 4 is 17.5 Å². The summed E-state index contributed by atoms with van der Waals surface area (Å²) in [5.41, 5.74) is 0.629. The van der Waals surface area contributed by atoms with E-state index in [0.717, 1.165) is 19.4 Å². The molecule has 2 aromatic rings. The van der Waals surface area contributed by atoms with Gasteiger partial charge in [-0.15, -0.1) is 10.2 Å². The topological polar surface area (TPSA) is 64.6 Å². The molecule has 0 aliphatic carbocycles. The summed E-state index contributed by atoms with van der Waals surface area (Å²) < 4.78 is 10.8.